The van der Waals surface area contributed by atoms with E-state index >= 15 is 0 Å². The number of amides is 1. The highest BCUT2D eigenvalue weighted by molar-refractivity contribution is 9.10. The molecule has 2 aromatic carbocycles. The van der Waals surface area contributed by atoms with Crippen molar-refractivity contribution in [2.75, 3.05) is 12.4 Å². The summed E-state index contributed by atoms with van der Waals surface area (Å²) in [5.74, 6) is -0.173. The highest BCUT2D eigenvalue weighted by Gasteiger charge is 2.23. The Morgan fingerprint density at radius 1 is 1.26 bits per heavy atom. The van der Waals surface area contributed by atoms with Crippen molar-refractivity contribution in [3.63, 3.8) is 0 Å². The number of nitrogens with one attached hydrogen (secondary N) is 1. The Balaban J connectivity index is 1.43. The van der Waals surface area contributed by atoms with Gasteiger partial charge in [-0.15, -0.1) is 11.3 Å². The molecule has 1 N–H and O–H groups in total. The summed E-state index contributed by atoms with van der Waals surface area (Å²) in [4.78, 5) is 33.2. The zero-order chi connectivity index (χ0) is 26.6. The monoisotopic (exact) mass is 614 g/mol. The molecular weight excluding hydrogens is 591 g/mol. The summed E-state index contributed by atoms with van der Waals surface area (Å²) >= 11 is 6.01. The number of ether oxygens (including phenoxy) is 1. The highest BCUT2D eigenvalue weighted by Crippen LogP contribution is 2.35. The molecule has 0 bridgehead atoms. The average Bonchev–Trinajstić information content (AvgIpc) is 3.29. The molecule has 5 rings (SSSR count). The molecule has 0 radical (unpaired) electrons. The van der Waals surface area contributed by atoms with Crippen LogP contribution in [0.25, 0.3) is 15.9 Å². The number of hydrogen-bond donors (Lipinski definition) is 1. The predicted molar refractivity (Wildman–Crippen MR) is 154 cm³/mol. The Morgan fingerprint density at radius 2 is 2.05 bits per heavy atom. The van der Waals surface area contributed by atoms with E-state index in [1.165, 1.54) is 17.2 Å². The summed E-state index contributed by atoms with van der Waals surface area (Å²) in [6.07, 6.45) is 5.25. The van der Waals surface area contributed by atoms with Gasteiger partial charge in [0.05, 0.1) is 29.6 Å². The number of carbonyl (C=O) groups is 1. The first-order valence-electron chi connectivity index (χ1n) is 12.1. The highest BCUT2D eigenvalue weighted by atomic mass is 79.9. The first-order valence-corrected chi connectivity index (χ1v) is 14.7. The molecule has 196 valence electrons. The maximum absolute atomic E-state index is 13.9. The van der Waals surface area contributed by atoms with Gasteiger partial charge in [-0.2, -0.15) is 5.10 Å². The van der Waals surface area contributed by atoms with Gasteiger partial charge in [0.25, 0.3) is 11.5 Å². The van der Waals surface area contributed by atoms with Crippen LogP contribution < -0.4 is 15.7 Å². The fourth-order valence-corrected chi connectivity index (χ4v) is 6.81. The lowest BCUT2D eigenvalue weighted by Gasteiger charge is -2.14. The van der Waals surface area contributed by atoms with Crippen LogP contribution >= 0.6 is 39.0 Å². The van der Waals surface area contributed by atoms with Gasteiger partial charge in [-0.3, -0.25) is 14.2 Å². The van der Waals surface area contributed by atoms with Crippen LogP contribution in [-0.2, 0) is 17.6 Å². The number of halogens is 2. The molecule has 38 heavy (non-hydrogen) atoms. The molecule has 2 heterocycles. The molecule has 1 amide bonds. The molecule has 0 aliphatic heterocycles. The molecule has 11 heteroatoms. The number of thiophene rings is 1. The second kappa shape index (κ2) is 11.8. The SMILES string of the molecule is CCOc1ccc(-n2c(SCC(=O)NN=Cc3cc(Br)ccc3F)nc3sc4c(c3c2=O)CCCC4)cc1. The van der Waals surface area contributed by atoms with E-state index in [4.69, 9.17) is 9.72 Å². The number of rotatable bonds is 8. The molecule has 0 unspecified atom stereocenters. The van der Waals surface area contributed by atoms with Gasteiger partial charge in [0, 0.05) is 14.9 Å². The predicted octanol–water partition coefficient (Wildman–Crippen LogP) is 5.87. The normalized spacial score (nSPS) is 13.1. The van der Waals surface area contributed by atoms with Gasteiger partial charge >= 0.3 is 0 Å². The number of thioether (sulfide) groups is 1. The van der Waals surface area contributed by atoms with Gasteiger partial charge in [0.15, 0.2) is 5.16 Å². The lowest BCUT2D eigenvalue weighted by Crippen LogP contribution is -2.24. The Bertz CT molecular complexity index is 1580. The van der Waals surface area contributed by atoms with E-state index in [9.17, 15) is 14.0 Å². The van der Waals surface area contributed by atoms with Crippen LogP contribution in [0.4, 0.5) is 4.39 Å². The van der Waals surface area contributed by atoms with Crippen molar-refractivity contribution in [2.45, 2.75) is 37.8 Å². The van der Waals surface area contributed by atoms with Crippen LogP contribution in [0.2, 0.25) is 0 Å². The lowest BCUT2D eigenvalue weighted by atomic mass is 9.97. The van der Waals surface area contributed by atoms with E-state index in [0.29, 0.717) is 37.9 Å². The Kier molecular flexibility index (Phi) is 8.25. The quantitative estimate of drug-likeness (QED) is 0.116. The van der Waals surface area contributed by atoms with Crippen molar-refractivity contribution in [3.05, 3.63) is 79.1 Å². The summed E-state index contributed by atoms with van der Waals surface area (Å²) in [6.45, 7) is 2.45. The van der Waals surface area contributed by atoms with Crippen LogP contribution in [-0.4, -0.2) is 34.0 Å². The first-order chi connectivity index (χ1) is 18.4. The van der Waals surface area contributed by atoms with Gasteiger partial charge in [0.1, 0.15) is 16.4 Å². The number of nitrogens with zero attached hydrogens (tertiary/aromatic N) is 3. The van der Waals surface area contributed by atoms with Gasteiger partial charge < -0.3 is 4.74 Å². The fourth-order valence-electron chi connectivity index (χ4n) is 4.32. The third-order valence-electron chi connectivity index (χ3n) is 6.05. The maximum atomic E-state index is 13.9. The van der Waals surface area contributed by atoms with Gasteiger partial charge in [-0.25, -0.2) is 14.8 Å². The van der Waals surface area contributed by atoms with Crippen molar-refractivity contribution in [1.82, 2.24) is 15.0 Å². The average molecular weight is 616 g/mol. The Labute approximate surface area is 235 Å². The van der Waals surface area contributed by atoms with Crippen LogP contribution in [0.1, 0.15) is 35.8 Å². The van der Waals surface area contributed by atoms with Crippen molar-refractivity contribution in [1.29, 1.82) is 0 Å². The molecule has 1 aliphatic rings. The number of hydrazone groups is 1. The summed E-state index contributed by atoms with van der Waals surface area (Å²) in [7, 11) is 0. The van der Waals surface area contributed by atoms with Gasteiger partial charge in [-0.1, -0.05) is 27.7 Å². The summed E-state index contributed by atoms with van der Waals surface area (Å²) < 4.78 is 21.7. The molecule has 2 aromatic heterocycles. The van der Waals surface area contributed by atoms with E-state index in [1.54, 1.807) is 28.0 Å². The van der Waals surface area contributed by atoms with E-state index < -0.39 is 11.7 Å². The first kappa shape index (κ1) is 26.6. The van der Waals surface area contributed by atoms with Crippen LogP contribution in [0.5, 0.6) is 5.75 Å². The zero-order valence-electron chi connectivity index (χ0n) is 20.5. The Morgan fingerprint density at radius 3 is 2.84 bits per heavy atom. The standard InChI is InChI=1S/C27H24BrFN4O3S2/c1-2-36-19-10-8-18(9-11-19)33-26(35)24-20-5-3-4-6-22(20)38-25(24)31-27(33)37-15-23(34)32-30-14-16-13-17(28)7-12-21(16)29/h7-14H,2-6,15H2,1H3,(H,32,34). The summed E-state index contributed by atoms with van der Waals surface area (Å²) in [5.41, 5.74) is 4.28. The molecule has 0 spiro atoms. The van der Waals surface area contributed by atoms with E-state index in [2.05, 4.69) is 26.5 Å². The van der Waals surface area contributed by atoms with Gasteiger partial charge in [0.2, 0.25) is 0 Å². The Hall–Kier alpha value is -3.02. The maximum Gasteiger partial charge on any atom is 0.267 e. The van der Waals surface area contributed by atoms with Crippen molar-refractivity contribution in [3.8, 4) is 11.4 Å². The van der Waals surface area contributed by atoms with E-state index in [0.717, 1.165) is 43.0 Å². The van der Waals surface area contributed by atoms with Crippen molar-refractivity contribution < 1.29 is 13.9 Å². The van der Waals surface area contributed by atoms with E-state index in [1.807, 2.05) is 31.2 Å². The number of aromatic nitrogens is 2. The third-order valence-corrected chi connectivity index (χ3v) is 8.66. The minimum absolute atomic E-state index is 0.0294. The van der Waals surface area contributed by atoms with Crippen LogP contribution in [0.3, 0.4) is 0 Å². The molecule has 0 saturated carbocycles. The van der Waals surface area contributed by atoms with E-state index in [-0.39, 0.29) is 16.9 Å². The number of fused-ring (bicyclic) bond motifs is 3. The summed E-state index contributed by atoms with van der Waals surface area (Å²) in [6, 6.07) is 11.7. The second-order valence-corrected chi connectivity index (χ2v) is 11.5. The zero-order valence-corrected chi connectivity index (χ0v) is 23.7. The minimum Gasteiger partial charge on any atom is -0.494 e. The van der Waals surface area contributed by atoms with Crippen molar-refractivity contribution >= 4 is 61.4 Å². The number of carbonyl (C=O) groups excluding carboxylic acids is 1. The topological polar surface area (TPSA) is 85.6 Å². The minimum atomic E-state index is -0.448. The molecule has 0 atom stereocenters. The van der Waals surface area contributed by atoms with Crippen LogP contribution in [0, 0.1) is 5.82 Å². The van der Waals surface area contributed by atoms with Gasteiger partial charge in [-0.05, 0) is 80.6 Å². The molecule has 7 nitrogen and oxygen atoms in total. The smallest absolute Gasteiger partial charge is 0.267 e. The molecule has 1 aliphatic carbocycles. The number of hydrogen-bond acceptors (Lipinski definition) is 7. The lowest BCUT2D eigenvalue weighted by molar-refractivity contribution is -0.118. The largest absolute Gasteiger partial charge is 0.494 e. The third kappa shape index (κ3) is 5.69. The number of aryl methyl sites for hydroxylation is 2. The molecule has 0 fully saturated rings. The van der Waals surface area contributed by atoms with Crippen molar-refractivity contribution in [2.24, 2.45) is 5.10 Å². The molecule has 0 saturated heterocycles. The summed E-state index contributed by atoms with van der Waals surface area (Å²) in [5, 5.41) is 4.97. The number of benzene rings is 2. The fraction of sp³-hybridized carbons (Fsp3) is 0.259. The molecule has 4 aromatic rings. The second-order valence-electron chi connectivity index (χ2n) is 8.60. The van der Waals surface area contributed by atoms with Crippen LogP contribution in [0.15, 0.2) is 62.0 Å². The molecular formula is C27H24BrFN4O3S2.